The van der Waals surface area contributed by atoms with Gasteiger partial charge in [-0.25, -0.2) is 0 Å². The van der Waals surface area contributed by atoms with E-state index in [4.69, 9.17) is 9.47 Å². The van der Waals surface area contributed by atoms with Crippen LogP contribution in [0.4, 0.5) is 0 Å². The van der Waals surface area contributed by atoms with Crippen molar-refractivity contribution in [2.45, 2.75) is 69.9 Å². The Labute approximate surface area is 165 Å². The quantitative estimate of drug-likeness (QED) is 0.624. The van der Waals surface area contributed by atoms with Gasteiger partial charge in [0.05, 0.1) is 12.7 Å². The van der Waals surface area contributed by atoms with Crippen LogP contribution >= 0.6 is 12.4 Å². The molecule has 0 radical (unpaired) electrons. The number of aryl methyl sites for hydroxylation is 1. The van der Waals surface area contributed by atoms with E-state index in [-0.39, 0.29) is 12.4 Å². The summed E-state index contributed by atoms with van der Waals surface area (Å²) in [6.07, 6.45) is 11.8. The Kier molecular flexibility index (Phi) is 9.24. The summed E-state index contributed by atoms with van der Waals surface area (Å²) in [5, 5.41) is 0. The van der Waals surface area contributed by atoms with Gasteiger partial charge in [0.15, 0.2) is 0 Å². The second-order valence-electron chi connectivity index (χ2n) is 7.95. The van der Waals surface area contributed by atoms with E-state index in [1.54, 1.807) is 0 Å². The van der Waals surface area contributed by atoms with Crippen LogP contribution in [0.15, 0.2) is 24.3 Å². The van der Waals surface area contributed by atoms with Gasteiger partial charge in [-0.3, -0.25) is 0 Å². The van der Waals surface area contributed by atoms with E-state index in [2.05, 4.69) is 36.2 Å². The molecule has 3 rings (SSSR count). The van der Waals surface area contributed by atoms with Gasteiger partial charge in [0.1, 0.15) is 5.75 Å². The van der Waals surface area contributed by atoms with E-state index in [1.807, 2.05) is 7.11 Å². The van der Waals surface area contributed by atoms with E-state index in [0.29, 0.717) is 12.1 Å². The summed E-state index contributed by atoms with van der Waals surface area (Å²) in [5.41, 5.74) is 1.38. The number of hydrogen-bond acceptors (Lipinski definition) is 3. The maximum atomic E-state index is 6.18. The third-order valence-electron chi connectivity index (χ3n) is 6.24. The molecule has 0 aromatic heterocycles. The summed E-state index contributed by atoms with van der Waals surface area (Å²) in [6, 6.07) is 9.34. The number of likely N-dealkylation sites (tertiary alicyclic amines) is 1. The SMILES string of the molecule is CO[C@@H]1CCC[C@H](CCc2ccccc2OCCC2CCCN2C)C1.Cl. The number of rotatable bonds is 8. The first kappa shape index (κ1) is 21.5. The number of benzene rings is 1. The van der Waals surface area contributed by atoms with Gasteiger partial charge in [0.2, 0.25) is 0 Å². The first-order valence-corrected chi connectivity index (χ1v) is 10.2. The van der Waals surface area contributed by atoms with Crippen molar-refractivity contribution in [1.29, 1.82) is 0 Å². The largest absolute Gasteiger partial charge is 0.493 e. The minimum Gasteiger partial charge on any atom is -0.493 e. The van der Waals surface area contributed by atoms with Crippen molar-refractivity contribution in [3.8, 4) is 5.75 Å². The van der Waals surface area contributed by atoms with Gasteiger partial charge in [-0.2, -0.15) is 0 Å². The lowest BCUT2D eigenvalue weighted by Crippen LogP contribution is -2.26. The minimum absolute atomic E-state index is 0. The van der Waals surface area contributed by atoms with Crippen molar-refractivity contribution in [2.75, 3.05) is 27.3 Å². The number of methoxy groups -OCH3 is 1. The molecule has 1 unspecified atom stereocenters. The van der Waals surface area contributed by atoms with Gasteiger partial charge in [-0.1, -0.05) is 31.0 Å². The molecule has 1 aromatic rings. The molecule has 0 amide bonds. The molecular formula is C22H36ClNO2. The Balaban J connectivity index is 0.00000243. The molecule has 4 heteroatoms. The van der Waals surface area contributed by atoms with Crippen LogP contribution in [0.25, 0.3) is 0 Å². The highest BCUT2D eigenvalue weighted by atomic mass is 35.5. The molecular weight excluding hydrogens is 346 g/mol. The number of nitrogens with zero attached hydrogens (tertiary/aromatic N) is 1. The van der Waals surface area contributed by atoms with Crippen LogP contribution < -0.4 is 4.74 Å². The van der Waals surface area contributed by atoms with Crippen LogP contribution in [0, 0.1) is 5.92 Å². The first-order valence-electron chi connectivity index (χ1n) is 10.2. The monoisotopic (exact) mass is 381 g/mol. The summed E-state index contributed by atoms with van der Waals surface area (Å²) in [4.78, 5) is 2.48. The maximum absolute atomic E-state index is 6.18. The molecule has 26 heavy (non-hydrogen) atoms. The summed E-state index contributed by atoms with van der Waals surface area (Å²) in [7, 11) is 4.10. The molecule has 0 bridgehead atoms. The maximum Gasteiger partial charge on any atom is 0.122 e. The van der Waals surface area contributed by atoms with Crippen LogP contribution in [-0.2, 0) is 11.2 Å². The summed E-state index contributed by atoms with van der Waals surface area (Å²) in [5.74, 6) is 1.90. The smallest absolute Gasteiger partial charge is 0.122 e. The summed E-state index contributed by atoms with van der Waals surface area (Å²) in [6.45, 7) is 2.08. The van der Waals surface area contributed by atoms with Crippen LogP contribution in [0.5, 0.6) is 5.75 Å². The molecule has 1 aliphatic heterocycles. The number of ether oxygens (including phenoxy) is 2. The van der Waals surface area contributed by atoms with Gasteiger partial charge in [0.25, 0.3) is 0 Å². The fourth-order valence-electron chi connectivity index (χ4n) is 4.58. The topological polar surface area (TPSA) is 21.7 Å². The highest BCUT2D eigenvalue weighted by molar-refractivity contribution is 5.85. The van der Waals surface area contributed by atoms with E-state index < -0.39 is 0 Å². The molecule has 1 saturated heterocycles. The lowest BCUT2D eigenvalue weighted by Gasteiger charge is -2.28. The Morgan fingerprint density at radius 2 is 1.92 bits per heavy atom. The van der Waals surface area contributed by atoms with Gasteiger partial charge < -0.3 is 14.4 Å². The lowest BCUT2D eigenvalue weighted by atomic mass is 9.83. The van der Waals surface area contributed by atoms with Crippen molar-refractivity contribution in [3.63, 3.8) is 0 Å². The zero-order chi connectivity index (χ0) is 17.5. The zero-order valence-electron chi connectivity index (χ0n) is 16.5. The number of hydrogen-bond donors (Lipinski definition) is 0. The van der Waals surface area contributed by atoms with Crippen molar-refractivity contribution in [2.24, 2.45) is 5.92 Å². The standard InChI is InChI=1S/C22H35NO2.ClH/c1-23-15-6-9-20(23)14-16-25-22-11-4-3-8-19(22)13-12-18-7-5-10-21(17-18)24-2;/h3-4,8,11,18,20-21H,5-7,9-10,12-17H2,1-2H3;1H/t18-,20?,21-;/m1./s1. The molecule has 2 aliphatic rings. The molecule has 148 valence electrons. The second-order valence-corrected chi connectivity index (χ2v) is 7.95. The van der Waals surface area contributed by atoms with Crippen LogP contribution in [0.2, 0.25) is 0 Å². The summed E-state index contributed by atoms with van der Waals surface area (Å²) >= 11 is 0. The van der Waals surface area contributed by atoms with Gasteiger partial charge >= 0.3 is 0 Å². The predicted molar refractivity (Wildman–Crippen MR) is 111 cm³/mol. The van der Waals surface area contributed by atoms with E-state index in [0.717, 1.165) is 31.1 Å². The fraction of sp³-hybridized carbons (Fsp3) is 0.727. The normalized spacial score (nSPS) is 26.5. The van der Waals surface area contributed by atoms with Crippen molar-refractivity contribution >= 4 is 12.4 Å². The van der Waals surface area contributed by atoms with Gasteiger partial charge in [-0.05, 0) is 76.1 Å². The Hall–Kier alpha value is -0.770. The molecule has 0 N–H and O–H groups in total. The zero-order valence-corrected chi connectivity index (χ0v) is 17.3. The summed E-state index contributed by atoms with van der Waals surface area (Å²) < 4.78 is 11.8. The lowest BCUT2D eigenvalue weighted by molar-refractivity contribution is 0.0491. The van der Waals surface area contributed by atoms with Crippen molar-refractivity contribution in [1.82, 2.24) is 4.90 Å². The third-order valence-corrected chi connectivity index (χ3v) is 6.24. The molecule has 1 saturated carbocycles. The van der Waals surface area contributed by atoms with E-state index in [9.17, 15) is 0 Å². The van der Waals surface area contributed by atoms with Gasteiger partial charge in [0, 0.05) is 13.2 Å². The van der Waals surface area contributed by atoms with Crippen molar-refractivity contribution in [3.05, 3.63) is 29.8 Å². The van der Waals surface area contributed by atoms with Crippen molar-refractivity contribution < 1.29 is 9.47 Å². The average Bonchev–Trinajstić information content (AvgIpc) is 3.06. The molecule has 1 aromatic carbocycles. The highest BCUT2D eigenvalue weighted by Gasteiger charge is 2.22. The van der Waals surface area contributed by atoms with Crippen LogP contribution in [0.3, 0.4) is 0 Å². The molecule has 3 nitrogen and oxygen atoms in total. The number of para-hydroxylation sites is 1. The van der Waals surface area contributed by atoms with E-state index >= 15 is 0 Å². The van der Waals surface area contributed by atoms with Crippen LogP contribution in [0.1, 0.15) is 56.9 Å². The van der Waals surface area contributed by atoms with E-state index in [1.165, 1.54) is 57.1 Å². The molecule has 1 heterocycles. The number of halogens is 1. The van der Waals surface area contributed by atoms with Gasteiger partial charge in [-0.15, -0.1) is 12.4 Å². The Morgan fingerprint density at radius 3 is 2.69 bits per heavy atom. The molecule has 1 aliphatic carbocycles. The highest BCUT2D eigenvalue weighted by Crippen LogP contribution is 2.31. The minimum atomic E-state index is 0. The molecule has 2 fully saturated rings. The average molecular weight is 382 g/mol. The molecule has 3 atom stereocenters. The van der Waals surface area contributed by atoms with Crippen LogP contribution in [-0.4, -0.2) is 44.4 Å². The Bertz CT molecular complexity index is 525. The predicted octanol–water partition coefficient (Wildman–Crippen LogP) is 5.11. The Morgan fingerprint density at radius 1 is 1.08 bits per heavy atom. The third kappa shape index (κ3) is 6.14. The fourth-order valence-corrected chi connectivity index (χ4v) is 4.58. The second kappa shape index (κ2) is 11.2. The first-order chi connectivity index (χ1) is 12.3. The molecule has 0 spiro atoms.